The van der Waals surface area contributed by atoms with Gasteiger partial charge in [-0.1, -0.05) is 0 Å². The highest BCUT2D eigenvalue weighted by molar-refractivity contribution is 5.73. The predicted octanol–water partition coefficient (Wildman–Crippen LogP) is 0.694. The largest absolute Gasteiger partial charge is 0.469 e. The second-order valence-electron chi connectivity index (χ2n) is 4.84. The van der Waals surface area contributed by atoms with E-state index in [0.29, 0.717) is 6.54 Å². The molecule has 1 saturated heterocycles. The molecule has 1 atom stereocenters. The van der Waals surface area contributed by atoms with Gasteiger partial charge in [0.15, 0.2) is 0 Å². The Morgan fingerprint density at radius 1 is 1.60 bits per heavy atom. The van der Waals surface area contributed by atoms with Crippen molar-refractivity contribution in [3.63, 3.8) is 0 Å². The van der Waals surface area contributed by atoms with Crippen LogP contribution in [0.4, 0.5) is 0 Å². The summed E-state index contributed by atoms with van der Waals surface area (Å²) in [6.45, 7) is 1.37. The number of ether oxygens (including phenoxy) is 2. The van der Waals surface area contributed by atoms with Crippen LogP contribution in [0.25, 0.3) is 0 Å². The van der Waals surface area contributed by atoms with Crippen molar-refractivity contribution in [2.45, 2.75) is 31.8 Å². The second-order valence-corrected chi connectivity index (χ2v) is 4.84. The van der Waals surface area contributed by atoms with E-state index in [4.69, 9.17) is 15.2 Å². The molecule has 2 rings (SSSR count). The van der Waals surface area contributed by atoms with Gasteiger partial charge in [0.2, 0.25) is 0 Å². The van der Waals surface area contributed by atoms with Crippen LogP contribution in [-0.4, -0.2) is 32.3 Å². The van der Waals surface area contributed by atoms with Crippen molar-refractivity contribution in [1.82, 2.24) is 0 Å². The Labute approximate surface area is 90.1 Å². The van der Waals surface area contributed by atoms with Gasteiger partial charge in [0.1, 0.15) is 0 Å². The van der Waals surface area contributed by atoms with Gasteiger partial charge >= 0.3 is 5.97 Å². The molecule has 2 fully saturated rings. The zero-order chi connectivity index (χ0) is 10.9. The maximum Gasteiger partial charge on any atom is 0.308 e. The topological polar surface area (TPSA) is 61.5 Å². The minimum absolute atomic E-state index is 0.0680. The van der Waals surface area contributed by atoms with Crippen molar-refractivity contribution < 1.29 is 14.3 Å². The van der Waals surface area contributed by atoms with E-state index in [1.54, 1.807) is 0 Å². The van der Waals surface area contributed by atoms with Crippen molar-refractivity contribution in [3.8, 4) is 0 Å². The van der Waals surface area contributed by atoms with Crippen molar-refractivity contribution in [2.75, 3.05) is 20.3 Å². The molecule has 0 radical (unpaired) electrons. The van der Waals surface area contributed by atoms with Crippen molar-refractivity contribution in [3.05, 3.63) is 0 Å². The molecule has 0 bridgehead atoms. The van der Waals surface area contributed by atoms with Crippen molar-refractivity contribution in [1.29, 1.82) is 0 Å². The highest BCUT2D eigenvalue weighted by Gasteiger charge is 2.49. The van der Waals surface area contributed by atoms with Crippen LogP contribution in [0.2, 0.25) is 0 Å². The molecule has 4 heteroatoms. The number of hydrogen-bond donors (Lipinski definition) is 1. The van der Waals surface area contributed by atoms with Crippen molar-refractivity contribution >= 4 is 5.97 Å². The number of carbonyl (C=O) groups is 1. The summed E-state index contributed by atoms with van der Waals surface area (Å²) in [5.74, 6) is 0.0367. The molecule has 1 unspecified atom stereocenters. The van der Waals surface area contributed by atoms with Crippen LogP contribution in [0.15, 0.2) is 0 Å². The summed E-state index contributed by atoms with van der Waals surface area (Å²) >= 11 is 0. The van der Waals surface area contributed by atoms with E-state index < -0.39 is 0 Å². The van der Waals surface area contributed by atoms with Gasteiger partial charge in [0, 0.05) is 6.54 Å². The molecule has 0 aromatic heterocycles. The Balaban J connectivity index is 1.80. The van der Waals surface area contributed by atoms with Gasteiger partial charge in [-0.25, -0.2) is 0 Å². The molecule has 2 N–H and O–H groups in total. The first-order valence-corrected chi connectivity index (χ1v) is 5.59. The number of carbonyl (C=O) groups excluding carboxylic acids is 1. The number of rotatable bonds is 2. The lowest BCUT2D eigenvalue weighted by Crippen LogP contribution is -2.49. The van der Waals surface area contributed by atoms with E-state index >= 15 is 0 Å². The lowest BCUT2D eigenvalue weighted by atomic mass is 9.59. The maximum atomic E-state index is 11.3. The Morgan fingerprint density at radius 3 is 2.80 bits per heavy atom. The minimum atomic E-state index is -0.0680. The molecule has 1 spiro atoms. The lowest BCUT2D eigenvalue weighted by Gasteiger charge is -2.49. The number of esters is 1. The summed E-state index contributed by atoms with van der Waals surface area (Å²) in [5.41, 5.74) is 5.80. The summed E-state index contributed by atoms with van der Waals surface area (Å²) < 4.78 is 10.4. The average molecular weight is 213 g/mol. The molecule has 1 heterocycles. The minimum Gasteiger partial charge on any atom is -0.469 e. The molecule has 0 amide bonds. The summed E-state index contributed by atoms with van der Waals surface area (Å²) in [6.07, 6.45) is 4.26. The van der Waals surface area contributed by atoms with Gasteiger partial charge < -0.3 is 15.2 Å². The third-order valence-corrected chi connectivity index (χ3v) is 3.78. The van der Waals surface area contributed by atoms with E-state index in [1.165, 1.54) is 7.11 Å². The van der Waals surface area contributed by atoms with E-state index in [1.807, 2.05) is 0 Å². The van der Waals surface area contributed by atoms with Crippen LogP contribution >= 0.6 is 0 Å². The fourth-order valence-corrected chi connectivity index (χ4v) is 2.74. The molecule has 86 valence electrons. The predicted molar refractivity (Wildman–Crippen MR) is 55.2 cm³/mol. The summed E-state index contributed by atoms with van der Waals surface area (Å²) in [6, 6.07) is 0. The fraction of sp³-hybridized carbons (Fsp3) is 0.909. The zero-order valence-corrected chi connectivity index (χ0v) is 9.20. The quantitative estimate of drug-likeness (QED) is 0.686. The van der Waals surface area contributed by atoms with Gasteiger partial charge in [0.25, 0.3) is 0 Å². The Morgan fingerprint density at radius 2 is 2.33 bits per heavy atom. The van der Waals surface area contributed by atoms with Crippen molar-refractivity contribution in [2.24, 2.45) is 17.1 Å². The van der Waals surface area contributed by atoms with E-state index in [-0.39, 0.29) is 23.4 Å². The molecular weight excluding hydrogens is 194 g/mol. The van der Waals surface area contributed by atoms with Gasteiger partial charge in [-0.3, -0.25) is 4.79 Å². The zero-order valence-electron chi connectivity index (χ0n) is 9.20. The SMILES string of the molecule is COC(=O)C1CC2(CCC(CN)OC2)C1. The monoisotopic (exact) mass is 213 g/mol. The molecule has 1 aliphatic heterocycles. The van der Waals surface area contributed by atoms with Crippen LogP contribution < -0.4 is 5.73 Å². The Bertz CT molecular complexity index is 238. The van der Waals surface area contributed by atoms with Gasteiger partial charge in [-0.15, -0.1) is 0 Å². The van der Waals surface area contributed by atoms with Gasteiger partial charge in [0.05, 0.1) is 25.7 Å². The Hall–Kier alpha value is -0.610. The highest BCUT2D eigenvalue weighted by Crippen LogP contribution is 2.51. The van der Waals surface area contributed by atoms with Crippen LogP contribution in [-0.2, 0) is 14.3 Å². The lowest BCUT2D eigenvalue weighted by molar-refractivity contribution is -0.164. The molecule has 1 saturated carbocycles. The fourth-order valence-electron chi connectivity index (χ4n) is 2.74. The third-order valence-electron chi connectivity index (χ3n) is 3.78. The van der Waals surface area contributed by atoms with E-state index in [2.05, 4.69) is 0 Å². The molecule has 1 aliphatic carbocycles. The highest BCUT2D eigenvalue weighted by atomic mass is 16.5. The first-order valence-electron chi connectivity index (χ1n) is 5.59. The summed E-state index contributed by atoms with van der Waals surface area (Å²) in [4.78, 5) is 11.3. The van der Waals surface area contributed by atoms with Crippen LogP contribution in [0, 0.1) is 11.3 Å². The number of methoxy groups -OCH3 is 1. The molecule has 15 heavy (non-hydrogen) atoms. The third kappa shape index (κ3) is 2.01. The molecule has 2 aliphatic rings. The second kappa shape index (κ2) is 4.10. The molecular formula is C11H19NO3. The standard InChI is InChI=1S/C11H19NO3/c1-14-10(13)8-4-11(5-8)3-2-9(6-12)15-7-11/h8-9H,2-7,12H2,1H3. The molecule has 0 aromatic rings. The summed E-state index contributed by atoms with van der Waals surface area (Å²) in [5, 5.41) is 0. The number of hydrogen-bond acceptors (Lipinski definition) is 4. The average Bonchev–Trinajstić information content (AvgIpc) is 2.25. The van der Waals surface area contributed by atoms with Gasteiger partial charge in [-0.05, 0) is 31.1 Å². The normalized spacial score (nSPS) is 39.9. The maximum absolute atomic E-state index is 11.3. The number of nitrogens with two attached hydrogens (primary N) is 1. The van der Waals surface area contributed by atoms with Crippen LogP contribution in [0.3, 0.4) is 0 Å². The smallest absolute Gasteiger partial charge is 0.308 e. The first kappa shape index (κ1) is 10.9. The van der Waals surface area contributed by atoms with Gasteiger partial charge in [-0.2, -0.15) is 0 Å². The summed E-state index contributed by atoms with van der Waals surface area (Å²) in [7, 11) is 1.45. The molecule has 4 nitrogen and oxygen atoms in total. The van der Waals surface area contributed by atoms with E-state index in [0.717, 1.165) is 32.3 Å². The molecule has 0 aromatic carbocycles. The van der Waals surface area contributed by atoms with Crippen LogP contribution in [0.1, 0.15) is 25.7 Å². The first-order chi connectivity index (χ1) is 7.19. The Kier molecular flexibility index (Phi) is 2.98. The van der Waals surface area contributed by atoms with Crippen LogP contribution in [0.5, 0.6) is 0 Å². The van der Waals surface area contributed by atoms with E-state index in [9.17, 15) is 4.79 Å².